The van der Waals surface area contributed by atoms with E-state index in [1.54, 1.807) is 0 Å². The van der Waals surface area contributed by atoms with Crippen molar-refractivity contribution in [3.63, 3.8) is 0 Å². The maximum Gasteiger partial charge on any atom is 0.254 e. The highest BCUT2D eigenvalue weighted by Gasteiger charge is 2.24. The Balaban J connectivity index is 1.63. The van der Waals surface area contributed by atoms with Crippen molar-refractivity contribution in [1.82, 2.24) is 15.2 Å². The Bertz CT molecular complexity index is 837. The van der Waals surface area contributed by atoms with Crippen LogP contribution in [0.2, 0.25) is 5.02 Å². The van der Waals surface area contributed by atoms with Crippen LogP contribution in [0.15, 0.2) is 18.2 Å². The maximum absolute atomic E-state index is 12.9. The number of aliphatic hydroxyl groups excluding tert-OH is 1. The van der Waals surface area contributed by atoms with Crippen molar-refractivity contribution in [3.8, 4) is 0 Å². The lowest BCUT2D eigenvalue weighted by Crippen LogP contribution is -2.52. The molecule has 2 aliphatic rings. The summed E-state index contributed by atoms with van der Waals surface area (Å²) in [5.74, 6) is 0.0204. The van der Waals surface area contributed by atoms with Crippen LogP contribution in [0.3, 0.4) is 0 Å². The first kappa shape index (κ1) is 17.7. The van der Waals surface area contributed by atoms with Crippen LogP contribution in [0.4, 0.5) is 0 Å². The summed E-state index contributed by atoms with van der Waals surface area (Å²) >= 11 is 6.63. The lowest BCUT2D eigenvalue weighted by molar-refractivity contribution is 0.0690. The van der Waals surface area contributed by atoms with Crippen molar-refractivity contribution >= 4 is 28.4 Å². The molecule has 26 heavy (non-hydrogen) atoms. The number of aliphatic hydroxyl groups is 1. The average Bonchev–Trinajstić information content (AvgIpc) is 2.68. The number of hydrogen-bond donors (Lipinski definition) is 2. The van der Waals surface area contributed by atoms with E-state index in [1.165, 1.54) is 5.56 Å². The molecule has 4 rings (SSSR count). The third-order valence-electron chi connectivity index (χ3n) is 5.46. The van der Waals surface area contributed by atoms with Gasteiger partial charge in [-0.05, 0) is 49.8 Å². The van der Waals surface area contributed by atoms with Crippen molar-refractivity contribution in [3.05, 3.63) is 40.0 Å². The second-order valence-corrected chi connectivity index (χ2v) is 7.58. The lowest BCUT2D eigenvalue weighted by Gasteiger charge is -2.33. The second kappa shape index (κ2) is 7.51. The van der Waals surface area contributed by atoms with E-state index in [-0.39, 0.29) is 18.6 Å². The molecule has 1 unspecified atom stereocenters. The number of pyridine rings is 1. The van der Waals surface area contributed by atoms with Crippen molar-refractivity contribution < 1.29 is 9.90 Å². The van der Waals surface area contributed by atoms with E-state index in [2.05, 4.69) is 5.32 Å². The Morgan fingerprint density at radius 3 is 3.04 bits per heavy atom. The van der Waals surface area contributed by atoms with E-state index in [9.17, 15) is 4.79 Å². The van der Waals surface area contributed by atoms with Gasteiger partial charge in [-0.3, -0.25) is 9.78 Å². The Labute approximate surface area is 158 Å². The summed E-state index contributed by atoms with van der Waals surface area (Å²) in [6, 6.07) is 5.82. The van der Waals surface area contributed by atoms with Gasteiger partial charge in [-0.1, -0.05) is 17.7 Å². The average molecular weight is 374 g/mol. The molecule has 5 nitrogen and oxygen atoms in total. The maximum atomic E-state index is 12.9. The van der Waals surface area contributed by atoms with Crippen LogP contribution >= 0.6 is 11.6 Å². The number of nitrogens with one attached hydrogen (secondary N) is 1. The molecule has 2 aromatic rings. The summed E-state index contributed by atoms with van der Waals surface area (Å²) in [4.78, 5) is 19.6. The largest absolute Gasteiger partial charge is 0.396 e. The minimum absolute atomic E-state index is 0.0204. The number of piperazine rings is 1. The quantitative estimate of drug-likeness (QED) is 0.867. The standard InChI is InChI=1S/C20H24ClN3O2/c21-19-15-3-1-2-4-17(15)23-18-11-13(5-6-16(18)19)20(26)24-9-8-22-14(12-24)7-10-25/h5-6,11,14,22,25H,1-4,7-10,12H2. The first-order valence-corrected chi connectivity index (χ1v) is 9.79. The summed E-state index contributed by atoms with van der Waals surface area (Å²) in [5.41, 5.74) is 3.73. The van der Waals surface area contributed by atoms with Crippen molar-refractivity contribution in [2.75, 3.05) is 26.2 Å². The van der Waals surface area contributed by atoms with Gasteiger partial charge < -0.3 is 15.3 Å². The molecule has 0 bridgehead atoms. The molecule has 1 saturated heterocycles. The molecule has 2 heterocycles. The van der Waals surface area contributed by atoms with E-state index in [4.69, 9.17) is 21.7 Å². The van der Waals surface area contributed by atoms with E-state index in [0.29, 0.717) is 25.1 Å². The second-order valence-electron chi connectivity index (χ2n) is 7.20. The van der Waals surface area contributed by atoms with Gasteiger partial charge in [-0.15, -0.1) is 0 Å². The summed E-state index contributed by atoms with van der Waals surface area (Å²) < 4.78 is 0. The molecule has 138 valence electrons. The molecule has 1 fully saturated rings. The molecule has 1 aromatic carbocycles. The fourth-order valence-corrected chi connectivity index (χ4v) is 4.41. The van der Waals surface area contributed by atoms with Gasteiger partial charge in [-0.25, -0.2) is 0 Å². The van der Waals surface area contributed by atoms with Crippen molar-refractivity contribution in [1.29, 1.82) is 0 Å². The molecule has 2 N–H and O–H groups in total. The number of halogens is 1. The van der Waals surface area contributed by atoms with Crippen LogP contribution in [0, 0.1) is 0 Å². The first-order chi connectivity index (χ1) is 12.7. The number of aryl methyl sites for hydroxylation is 1. The Kier molecular flexibility index (Phi) is 5.11. The molecule has 1 amide bonds. The minimum Gasteiger partial charge on any atom is -0.396 e. The van der Waals surface area contributed by atoms with Gasteiger partial charge in [0, 0.05) is 48.9 Å². The molecule has 1 aliphatic carbocycles. The van der Waals surface area contributed by atoms with Gasteiger partial charge >= 0.3 is 0 Å². The SMILES string of the molecule is O=C(c1ccc2c(Cl)c3c(nc2c1)CCCC3)N1CCNC(CCO)C1. The smallest absolute Gasteiger partial charge is 0.254 e. The fraction of sp³-hybridized carbons (Fsp3) is 0.500. The molecule has 1 atom stereocenters. The summed E-state index contributed by atoms with van der Waals surface area (Å²) in [6.45, 7) is 2.18. The van der Waals surface area contributed by atoms with Crippen LogP contribution in [0.25, 0.3) is 10.9 Å². The topological polar surface area (TPSA) is 65.5 Å². The highest BCUT2D eigenvalue weighted by molar-refractivity contribution is 6.36. The number of aromatic nitrogens is 1. The van der Waals surface area contributed by atoms with Gasteiger partial charge in [0.15, 0.2) is 0 Å². The number of carbonyl (C=O) groups excluding carboxylic acids is 1. The van der Waals surface area contributed by atoms with Crippen LogP contribution in [-0.2, 0) is 12.8 Å². The van der Waals surface area contributed by atoms with Gasteiger partial charge in [0.2, 0.25) is 0 Å². The number of carbonyl (C=O) groups is 1. The molecule has 0 radical (unpaired) electrons. The fourth-order valence-electron chi connectivity index (χ4n) is 4.04. The number of fused-ring (bicyclic) bond motifs is 2. The summed E-state index contributed by atoms with van der Waals surface area (Å²) in [7, 11) is 0. The zero-order valence-electron chi connectivity index (χ0n) is 14.8. The van der Waals surface area contributed by atoms with Gasteiger partial charge in [0.1, 0.15) is 0 Å². The third kappa shape index (κ3) is 3.31. The van der Waals surface area contributed by atoms with Gasteiger partial charge in [-0.2, -0.15) is 0 Å². The zero-order chi connectivity index (χ0) is 18.1. The zero-order valence-corrected chi connectivity index (χ0v) is 15.6. The van der Waals surface area contributed by atoms with E-state index in [1.807, 2.05) is 23.1 Å². The van der Waals surface area contributed by atoms with Gasteiger partial charge in [0.05, 0.1) is 10.5 Å². The monoisotopic (exact) mass is 373 g/mol. The van der Waals surface area contributed by atoms with E-state index in [0.717, 1.165) is 53.8 Å². The minimum atomic E-state index is 0.0204. The normalized spacial score (nSPS) is 20.2. The Morgan fingerprint density at radius 2 is 2.19 bits per heavy atom. The van der Waals surface area contributed by atoms with Crippen LogP contribution < -0.4 is 5.32 Å². The number of rotatable bonds is 3. The molecule has 1 aromatic heterocycles. The molecular weight excluding hydrogens is 350 g/mol. The van der Waals surface area contributed by atoms with E-state index >= 15 is 0 Å². The van der Waals surface area contributed by atoms with Crippen LogP contribution in [0.1, 0.15) is 40.9 Å². The number of benzene rings is 1. The van der Waals surface area contributed by atoms with Crippen molar-refractivity contribution in [2.24, 2.45) is 0 Å². The lowest BCUT2D eigenvalue weighted by atomic mass is 9.94. The van der Waals surface area contributed by atoms with Crippen LogP contribution in [-0.4, -0.2) is 53.2 Å². The molecule has 0 saturated carbocycles. The first-order valence-electron chi connectivity index (χ1n) is 9.42. The highest BCUT2D eigenvalue weighted by Crippen LogP contribution is 2.33. The van der Waals surface area contributed by atoms with Crippen LogP contribution in [0.5, 0.6) is 0 Å². The van der Waals surface area contributed by atoms with Crippen molar-refractivity contribution in [2.45, 2.75) is 38.1 Å². The Hall–Kier alpha value is -1.69. The number of hydrogen-bond acceptors (Lipinski definition) is 4. The predicted octanol–water partition coefficient (Wildman–Crippen LogP) is 2.56. The van der Waals surface area contributed by atoms with E-state index < -0.39 is 0 Å². The Morgan fingerprint density at radius 1 is 1.35 bits per heavy atom. The summed E-state index contributed by atoms with van der Waals surface area (Å²) in [5, 5.41) is 14.2. The highest BCUT2D eigenvalue weighted by atomic mass is 35.5. The number of nitrogens with zero attached hydrogens (tertiary/aromatic N) is 2. The predicted molar refractivity (Wildman–Crippen MR) is 103 cm³/mol. The molecule has 1 aliphatic heterocycles. The third-order valence-corrected chi connectivity index (χ3v) is 5.89. The number of amides is 1. The summed E-state index contributed by atoms with van der Waals surface area (Å²) in [6.07, 6.45) is 4.92. The molecular formula is C20H24ClN3O2. The molecule has 6 heteroatoms. The van der Waals surface area contributed by atoms with Gasteiger partial charge in [0.25, 0.3) is 5.91 Å². The molecule has 0 spiro atoms.